The average molecular weight is 278 g/mol. The van der Waals surface area contributed by atoms with Crippen LogP contribution in [0.3, 0.4) is 0 Å². The van der Waals surface area contributed by atoms with Crippen LogP contribution in [0.5, 0.6) is 0 Å². The van der Waals surface area contributed by atoms with Gasteiger partial charge in [-0.05, 0) is 42.5 Å². The molecule has 3 nitrogen and oxygen atoms in total. The zero-order valence-electron chi connectivity index (χ0n) is 9.17. The molecule has 0 radical (unpaired) electrons. The van der Waals surface area contributed by atoms with Gasteiger partial charge in [-0.25, -0.2) is 4.21 Å². The predicted octanol–water partition coefficient (Wildman–Crippen LogP) is 3.65. The minimum Gasteiger partial charge on any atom is -0.364 e. The molecule has 1 heterocycles. The van der Waals surface area contributed by atoms with Crippen LogP contribution in [0.25, 0.3) is 10.9 Å². The third-order valence-corrected chi connectivity index (χ3v) is 4.21. The van der Waals surface area contributed by atoms with Crippen LogP contribution in [-0.4, -0.2) is 9.37 Å². The van der Waals surface area contributed by atoms with Crippen LogP contribution in [0.4, 0.5) is 0 Å². The van der Waals surface area contributed by atoms with Gasteiger partial charge in [0.15, 0.2) is 0 Å². The van der Waals surface area contributed by atoms with E-state index in [0.717, 1.165) is 5.39 Å². The van der Waals surface area contributed by atoms with Crippen molar-refractivity contribution in [3.05, 3.63) is 53.8 Å². The summed E-state index contributed by atoms with van der Waals surface area (Å²) in [6, 6.07) is 12.4. The highest BCUT2D eigenvalue weighted by Gasteiger charge is 2.09. The molecule has 0 spiro atoms. The van der Waals surface area contributed by atoms with Gasteiger partial charge in [-0.1, -0.05) is 16.8 Å². The largest absolute Gasteiger partial charge is 0.364 e. The Kier molecular flexibility index (Phi) is 2.89. The fourth-order valence-corrected chi connectivity index (χ4v) is 2.84. The Bertz CT molecular complexity index is 721. The molecule has 3 rings (SSSR count). The van der Waals surface area contributed by atoms with Gasteiger partial charge < -0.3 is 4.52 Å². The summed E-state index contributed by atoms with van der Waals surface area (Å²) in [5.41, 5.74) is 0.704. The standard InChI is InChI=1S/C13H8ClNO2S/c14-10-2-5-11(6-3-10)18(16)12-4-1-9-8-17-15-13(9)7-12/h1-8H. The van der Waals surface area contributed by atoms with Crippen LogP contribution in [-0.2, 0) is 10.8 Å². The Morgan fingerprint density at radius 2 is 1.78 bits per heavy atom. The Hall–Kier alpha value is -1.65. The first-order valence-electron chi connectivity index (χ1n) is 5.25. The molecule has 0 fully saturated rings. The Morgan fingerprint density at radius 1 is 1.06 bits per heavy atom. The molecule has 0 aliphatic heterocycles. The molecule has 0 aliphatic carbocycles. The van der Waals surface area contributed by atoms with Crippen molar-refractivity contribution < 1.29 is 8.73 Å². The van der Waals surface area contributed by atoms with Crippen molar-refractivity contribution in [1.29, 1.82) is 0 Å². The number of hydrogen-bond acceptors (Lipinski definition) is 3. The van der Waals surface area contributed by atoms with Crippen molar-refractivity contribution in [3.63, 3.8) is 0 Å². The molecule has 0 saturated heterocycles. The highest BCUT2D eigenvalue weighted by atomic mass is 35.5. The predicted molar refractivity (Wildman–Crippen MR) is 70.1 cm³/mol. The van der Waals surface area contributed by atoms with Crippen LogP contribution in [0.1, 0.15) is 0 Å². The molecule has 3 aromatic rings. The molecule has 1 atom stereocenters. The Morgan fingerprint density at radius 3 is 2.56 bits per heavy atom. The van der Waals surface area contributed by atoms with Gasteiger partial charge in [-0.2, -0.15) is 0 Å². The van der Waals surface area contributed by atoms with E-state index < -0.39 is 10.8 Å². The maximum Gasteiger partial charge on any atom is 0.131 e. The zero-order chi connectivity index (χ0) is 12.5. The summed E-state index contributed by atoms with van der Waals surface area (Å²) >= 11 is 5.80. The van der Waals surface area contributed by atoms with Crippen LogP contribution >= 0.6 is 11.6 Å². The lowest BCUT2D eigenvalue weighted by Gasteiger charge is -2.02. The average Bonchev–Trinajstić information content (AvgIpc) is 2.86. The van der Waals surface area contributed by atoms with E-state index in [1.165, 1.54) is 0 Å². The van der Waals surface area contributed by atoms with Gasteiger partial charge in [0.25, 0.3) is 0 Å². The fourth-order valence-electron chi connectivity index (χ4n) is 1.65. The second kappa shape index (κ2) is 4.55. The minimum absolute atomic E-state index is 0.628. The summed E-state index contributed by atoms with van der Waals surface area (Å²) in [6.45, 7) is 0. The van der Waals surface area contributed by atoms with Crippen LogP contribution < -0.4 is 0 Å². The van der Waals surface area contributed by atoms with E-state index in [4.69, 9.17) is 16.1 Å². The summed E-state index contributed by atoms with van der Waals surface area (Å²) in [5, 5.41) is 5.36. The van der Waals surface area contributed by atoms with Gasteiger partial charge in [0.05, 0.1) is 10.8 Å². The summed E-state index contributed by atoms with van der Waals surface area (Å²) in [4.78, 5) is 1.40. The number of benzene rings is 2. The second-order valence-electron chi connectivity index (χ2n) is 3.76. The first-order chi connectivity index (χ1) is 8.74. The molecule has 0 bridgehead atoms. The number of fused-ring (bicyclic) bond motifs is 1. The molecule has 0 saturated carbocycles. The molecular weight excluding hydrogens is 270 g/mol. The van der Waals surface area contributed by atoms with E-state index in [1.54, 1.807) is 36.6 Å². The van der Waals surface area contributed by atoms with Gasteiger partial charge in [0.1, 0.15) is 11.8 Å². The third kappa shape index (κ3) is 2.05. The molecule has 1 aromatic heterocycles. The molecule has 0 N–H and O–H groups in total. The second-order valence-corrected chi connectivity index (χ2v) is 5.67. The van der Waals surface area contributed by atoms with E-state index in [1.807, 2.05) is 12.1 Å². The van der Waals surface area contributed by atoms with Gasteiger partial charge in [-0.3, -0.25) is 0 Å². The molecule has 5 heteroatoms. The minimum atomic E-state index is -1.24. The van der Waals surface area contributed by atoms with Crippen LogP contribution in [0, 0.1) is 0 Å². The smallest absolute Gasteiger partial charge is 0.131 e. The van der Waals surface area contributed by atoms with E-state index >= 15 is 0 Å². The molecule has 2 aromatic carbocycles. The van der Waals surface area contributed by atoms with Gasteiger partial charge in [-0.15, -0.1) is 0 Å². The number of halogens is 1. The monoisotopic (exact) mass is 277 g/mol. The van der Waals surface area contributed by atoms with Crippen molar-refractivity contribution in [1.82, 2.24) is 5.16 Å². The van der Waals surface area contributed by atoms with E-state index in [0.29, 0.717) is 20.3 Å². The first kappa shape index (κ1) is 11.4. The van der Waals surface area contributed by atoms with Crippen molar-refractivity contribution in [3.8, 4) is 0 Å². The normalized spacial score (nSPS) is 12.7. The summed E-state index contributed by atoms with van der Waals surface area (Å²) in [6.07, 6.45) is 1.56. The number of rotatable bonds is 2. The summed E-state index contributed by atoms with van der Waals surface area (Å²) in [5.74, 6) is 0. The highest BCUT2D eigenvalue weighted by Crippen LogP contribution is 2.22. The molecule has 0 amide bonds. The molecule has 0 aliphatic rings. The number of nitrogens with zero attached hydrogens (tertiary/aromatic N) is 1. The maximum absolute atomic E-state index is 12.3. The van der Waals surface area contributed by atoms with E-state index in [-0.39, 0.29) is 0 Å². The van der Waals surface area contributed by atoms with Crippen LogP contribution in [0.15, 0.2) is 63.0 Å². The van der Waals surface area contributed by atoms with Crippen molar-refractivity contribution in [2.45, 2.75) is 9.79 Å². The SMILES string of the molecule is O=S(c1ccc(Cl)cc1)c1ccc2conc2c1. The third-order valence-electron chi connectivity index (χ3n) is 2.57. The quantitative estimate of drug-likeness (QED) is 0.718. The highest BCUT2D eigenvalue weighted by molar-refractivity contribution is 7.85. The summed E-state index contributed by atoms with van der Waals surface area (Å²) < 4.78 is 17.2. The van der Waals surface area contributed by atoms with Crippen molar-refractivity contribution >= 4 is 33.3 Å². The molecule has 1 unspecified atom stereocenters. The lowest BCUT2D eigenvalue weighted by atomic mass is 10.3. The van der Waals surface area contributed by atoms with Crippen molar-refractivity contribution in [2.24, 2.45) is 0 Å². The number of hydrogen-bond donors (Lipinski definition) is 0. The van der Waals surface area contributed by atoms with E-state index in [9.17, 15) is 4.21 Å². The van der Waals surface area contributed by atoms with Crippen molar-refractivity contribution in [2.75, 3.05) is 0 Å². The Labute approximate surface area is 111 Å². The Balaban J connectivity index is 2.03. The molecule has 18 heavy (non-hydrogen) atoms. The topological polar surface area (TPSA) is 43.1 Å². The van der Waals surface area contributed by atoms with E-state index in [2.05, 4.69) is 5.16 Å². The lowest BCUT2D eigenvalue weighted by molar-refractivity contribution is 0.428. The first-order valence-corrected chi connectivity index (χ1v) is 6.78. The zero-order valence-corrected chi connectivity index (χ0v) is 10.7. The summed E-state index contributed by atoms with van der Waals surface area (Å²) in [7, 11) is -1.24. The lowest BCUT2D eigenvalue weighted by Crippen LogP contribution is -1.92. The fraction of sp³-hybridized carbons (Fsp3) is 0. The van der Waals surface area contributed by atoms with Gasteiger partial charge in [0.2, 0.25) is 0 Å². The number of aromatic nitrogens is 1. The molecular formula is C13H8ClNO2S. The van der Waals surface area contributed by atoms with Gasteiger partial charge in [0, 0.05) is 20.2 Å². The molecule has 90 valence electrons. The van der Waals surface area contributed by atoms with Crippen LogP contribution in [0.2, 0.25) is 5.02 Å². The maximum atomic E-state index is 12.3. The van der Waals surface area contributed by atoms with Gasteiger partial charge >= 0.3 is 0 Å².